The van der Waals surface area contributed by atoms with Crippen molar-refractivity contribution in [2.45, 2.75) is 36.6 Å². The number of hydrogen-bond acceptors (Lipinski definition) is 5. The number of aromatic nitrogens is 3. The van der Waals surface area contributed by atoms with Crippen molar-refractivity contribution in [1.82, 2.24) is 20.2 Å². The molecular formula is C21H24FN5OS. The van der Waals surface area contributed by atoms with Crippen LogP contribution < -0.4 is 11.2 Å². The number of nitrogens with two attached hydrogens (primary N) is 1. The average molecular weight is 414 g/mol. The Labute approximate surface area is 173 Å². The van der Waals surface area contributed by atoms with Gasteiger partial charge in [0, 0.05) is 18.0 Å². The first-order valence-electron chi connectivity index (χ1n) is 9.45. The van der Waals surface area contributed by atoms with E-state index < -0.39 is 5.25 Å². The predicted molar refractivity (Wildman–Crippen MR) is 113 cm³/mol. The van der Waals surface area contributed by atoms with Crippen molar-refractivity contribution in [1.29, 1.82) is 0 Å². The maximum atomic E-state index is 13.5. The molecule has 0 fully saturated rings. The summed E-state index contributed by atoms with van der Waals surface area (Å²) in [4.78, 5) is 12.6. The van der Waals surface area contributed by atoms with Gasteiger partial charge >= 0.3 is 0 Å². The maximum absolute atomic E-state index is 13.5. The summed E-state index contributed by atoms with van der Waals surface area (Å²) in [5, 5.41) is 11.1. The average Bonchev–Trinajstić information content (AvgIpc) is 3.09. The first kappa shape index (κ1) is 20.9. The number of hydrogen-bond donors (Lipinski definition) is 2. The summed E-state index contributed by atoms with van der Waals surface area (Å²) >= 11 is 1.21. The van der Waals surface area contributed by atoms with E-state index in [-0.39, 0.29) is 17.6 Å². The van der Waals surface area contributed by atoms with Gasteiger partial charge in [0.25, 0.3) is 0 Å². The molecule has 3 aromatic rings. The fraction of sp³-hybridized carbons (Fsp3) is 0.286. The lowest BCUT2D eigenvalue weighted by molar-refractivity contribution is -0.120. The van der Waals surface area contributed by atoms with E-state index >= 15 is 0 Å². The molecule has 3 rings (SSSR count). The first-order valence-corrected chi connectivity index (χ1v) is 10.3. The van der Waals surface area contributed by atoms with E-state index in [2.05, 4.69) is 34.6 Å². The largest absolute Gasteiger partial charge is 0.355 e. The van der Waals surface area contributed by atoms with Gasteiger partial charge in [0.2, 0.25) is 11.1 Å². The minimum atomic E-state index is -0.407. The second-order valence-electron chi connectivity index (χ2n) is 6.71. The molecule has 0 aliphatic carbocycles. The molecule has 3 N–H and O–H groups in total. The lowest BCUT2D eigenvalue weighted by atomic mass is 9.96. The molecule has 1 heterocycles. The molecule has 0 saturated heterocycles. The molecule has 8 heteroatoms. The van der Waals surface area contributed by atoms with E-state index in [1.165, 1.54) is 34.1 Å². The molecule has 152 valence electrons. The molecule has 0 radical (unpaired) electrons. The number of rotatable bonds is 8. The second-order valence-corrected chi connectivity index (χ2v) is 8.02. The molecule has 0 spiro atoms. The van der Waals surface area contributed by atoms with Crippen LogP contribution in [0.15, 0.2) is 59.8 Å². The zero-order valence-electron chi connectivity index (χ0n) is 16.4. The molecule has 1 aromatic heterocycles. The molecule has 1 amide bonds. The molecule has 0 unspecified atom stereocenters. The molecule has 0 aliphatic heterocycles. The van der Waals surface area contributed by atoms with Crippen molar-refractivity contribution < 1.29 is 9.18 Å². The Morgan fingerprint density at radius 1 is 1.21 bits per heavy atom. The van der Waals surface area contributed by atoms with Crippen molar-refractivity contribution in [2.75, 3.05) is 12.4 Å². The Bertz CT molecular complexity index is 963. The second kappa shape index (κ2) is 9.56. The van der Waals surface area contributed by atoms with E-state index in [1.54, 1.807) is 19.1 Å². The van der Waals surface area contributed by atoms with Gasteiger partial charge < -0.3 is 11.2 Å². The monoisotopic (exact) mass is 413 g/mol. The van der Waals surface area contributed by atoms with Gasteiger partial charge in [-0.25, -0.2) is 9.07 Å². The van der Waals surface area contributed by atoms with Crippen LogP contribution in [0.1, 0.15) is 31.7 Å². The molecule has 0 bridgehead atoms. The maximum Gasteiger partial charge on any atom is 0.233 e. The van der Waals surface area contributed by atoms with Crippen molar-refractivity contribution in [3.63, 3.8) is 0 Å². The zero-order chi connectivity index (χ0) is 20.8. The van der Waals surface area contributed by atoms with Gasteiger partial charge in [0.15, 0.2) is 5.82 Å². The normalized spacial score (nSPS) is 13.1. The molecule has 6 nitrogen and oxygen atoms in total. The number of nitrogens with one attached hydrogen (secondary N) is 1. The number of benzene rings is 2. The molecule has 2 aromatic carbocycles. The van der Waals surface area contributed by atoms with Gasteiger partial charge in [-0.2, -0.15) is 0 Å². The Morgan fingerprint density at radius 2 is 1.97 bits per heavy atom. The Kier molecular flexibility index (Phi) is 6.87. The number of nitrogen functional groups attached to an aromatic ring is 1. The van der Waals surface area contributed by atoms with E-state index in [1.807, 2.05) is 18.2 Å². The number of amides is 1. The summed E-state index contributed by atoms with van der Waals surface area (Å²) in [5.74, 6) is 6.20. The molecular weight excluding hydrogens is 389 g/mol. The summed E-state index contributed by atoms with van der Waals surface area (Å²) in [7, 11) is 0. The number of nitrogens with zero attached hydrogens (tertiary/aromatic N) is 3. The fourth-order valence-electron chi connectivity index (χ4n) is 2.98. The highest BCUT2D eigenvalue weighted by Crippen LogP contribution is 2.25. The topological polar surface area (TPSA) is 85.8 Å². The SMILES string of the molecule is CC[C@H](CNC(=O)[C@@H](C)Sc1nnc(-c2cccc(F)c2)n1N)c1ccccc1. The summed E-state index contributed by atoms with van der Waals surface area (Å²) in [6, 6.07) is 16.1. The van der Waals surface area contributed by atoms with E-state index in [0.717, 1.165) is 6.42 Å². The van der Waals surface area contributed by atoms with Crippen LogP contribution in [-0.2, 0) is 4.79 Å². The zero-order valence-corrected chi connectivity index (χ0v) is 17.2. The molecule has 0 aliphatic rings. The minimum absolute atomic E-state index is 0.0975. The van der Waals surface area contributed by atoms with Crippen LogP contribution in [-0.4, -0.2) is 32.6 Å². The van der Waals surface area contributed by atoms with Crippen LogP contribution in [0.3, 0.4) is 0 Å². The number of carbonyl (C=O) groups excluding carboxylic acids is 1. The Morgan fingerprint density at radius 3 is 2.66 bits per heavy atom. The number of halogens is 1. The van der Waals surface area contributed by atoms with Crippen molar-refractivity contribution in [3.05, 3.63) is 66.0 Å². The van der Waals surface area contributed by atoms with E-state index in [4.69, 9.17) is 5.84 Å². The lowest BCUT2D eigenvalue weighted by Crippen LogP contribution is -2.34. The summed E-state index contributed by atoms with van der Waals surface area (Å²) in [6.45, 7) is 4.46. The van der Waals surface area contributed by atoms with Crippen LogP contribution in [0.4, 0.5) is 4.39 Å². The van der Waals surface area contributed by atoms with Crippen LogP contribution in [0.5, 0.6) is 0 Å². The highest BCUT2D eigenvalue weighted by atomic mass is 32.2. The van der Waals surface area contributed by atoms with Gasteiger partial charge in [-0.3, -0.25) is 4.79 Å². The summed E-state index contributed by atoms with van der Waals surface area (Å²) < 4.78 is 14.7. The highest BCUT2D eigenvalue weighted by Gasteiger charge is 2.21. The standard InChI is InChI=1S/C21H24FN5OS/c1-3-15(16-8-5-4-6-9-16)13-24-20(28)14(2)29-21-26-25-19(27(21)23)17-10-7-11-18(22)12-17/h4-12,14-15H,3,13,23H2,1-2H3,(H,24,28)/t14-,15-/m1/s1. The van der Waals surface area contributed by atoms with Crippen LogP contribution in [0.25, 0.3) is 11.4 Å². The Hall–Kier alpha value is -2.87. The summed E-state index contributed by atoms with van der Waals surface area (Å²) in [6.07, 6.45) is 0.930. The number of carbonyl (C=O) groups is 1. The van der Waals surface area contributed by atoms with Crippen LogP contribution >= 0.6 is 11.8 Å². The van der Waals surface area contributed by atoms with E-state index in [0.29, 0.717) is 23.1 Å². The minimum Gasteiger partial charge on any atom is -0.355 e. The van der Waals surface area contributed by atoms with Gasteiger partial charge in [-0.1, -0.05) is 61.2 Å². The van der Waals surface area contributed by atoms with E-state index in [9.17, 15) is 9.18 Å². The fourth-order valence-corrected chi connectivity index (χ4v) is 3.78. The smallest absolute Gasteiger partial charge is 0.233 e. The van der Waals surface area contributed by atoms with Crippen molar-refractivity contribution in [2.24, 2.45) is 0 Å². The molecule has 2 atom stereocenters. The van der Waals surface area contributed by atoms with Gasteiger partial charge in [0.1, 0.15) is 5.82 Å². The van der Waals surface area contributed by atoms with Gasteiger partial charge in [-0.15, -0.1) is 10.2 Å². The van der Waals surface area contributed by atoms with Gasteiger partial charge in [0.05, 0.1) is 5.25 Å². The lowest BCUT2D eigenvalue weighted by Gasteiger charge is -2.18. The predicted octanol–water partition coefficient (Wildman–Crippen LogP) is 3.59. The highest BCUT2D eigenvalue weighted by molar-refractivity contribution is 8.00. The summed E-state index contributed by atoms with van der Waals surface area (Å²) in [5.41, 5.74) is 1.73. The third-order valence-electron chi connectivity index (χ3n) is 4.69. The molecule has 0 saturated carbocycles. The van der Waals surface area contributed by atoms with Crippen molar-refractivity contribution in [3.8, 4) is 11.4 Å². The first-order chi connectivity index (χ1) is 14.0. The Balaban J connectivity index is 1.61. The number of thioether (sulfide) groups is 1. The van der Waals surface area contributed by atoms with Crippen LogP contribution in [0.2, 0.25) is 0 Å². The van der Waals surface area contributed by atoms with Crippen LogP contribution in [0, 0.1) is 5.82 Å². The quantitative estimate of drug-likeness (QED) is 0.435. The van der Waals surface area contributed by atoms with Crippen molar-refractivity contribution >= 4 is 17.7 Å². The van der Waals surface area contributed by atoms with Gasteiger partial charge in [-0.05, 0) is 31.0 Å². The molecule has 29 heavy (non-hydrogen) atoms. The third-order valence-corrected chi connectivity index (χ3v) is 5.74. The third kappa shape index (κ3) is 5.14.